The van der Waals surface area contributed by atoms with Gasteiger partial charge in [0.1, 0.15) is 5.58 Å². The molecule has 0 saturated carbocycles. The van der Waals surface area contributed by atoms with Crippen LogP contribution >= 0.6 is 0 Å². The van der Waals surface area contributed by atoms with E-state index in [1.807, 2.05) is 70.1 Å². The lowest BCUT2D eigenvalue weighted by Crippen LogP contribution is -2.35. The van der Waals surface area contributed by atoms with Crippen LogP contribution in [0.15, 0.2) is 39.5 Å². The molecule has 4 rings (SSSR count). The van der Waals surface area contributed by atoms with Crippen molar-refractivity contribution in [2.24, 2.45) is 0 Å². The standard InChI is InChI=1S/C29H36N2O5/c1-7-9-14-35-22-11-10-20(17-24(22)34-8-2)26-25-27(32)21-15-18(3)19(4)16-23(21)36-28(25)29(33)31(26)13-12-30(5)6/h10-11,15-17,26H,7-9,12-14H2,1-6H3. The number of nitrogens with zero attached hydrogens (tertiary/aromatic N) is 2. The van der Waals surface area contributed by atoms with Gasteiger partial charge in [0.2, 0.25) is 5.76 Å². The fraction of sp³-hybridized carbons (Fsp3) is 0.448. The van der Waals surface area contributed by atoms with Crippen molar-refractivity contribution in [2.45, 2.75) is 46.6 Å². The summed E-state index contributed by atoms with van der Waals surface area (Å²) in [4.78, 5) is 31.2. The first-order valence-corrected chi connectivity index (χ1v) is 12.7. The summed E-state index contributed by atoms with van der Waals surface area (Å²) in [5.41, 5.74) is 3.47. The summed E-state index contributed by atoms with van der Waals surface area (Å²) in [6.07, 6.45) is 1.98. The van der Waals surface area contributed by atoms with Gasteiger partial charge in [0.15, 0.2) is 16.9 Å². The van der Waals surface area contributed by atoms with Crippen LogP contribution in [0.3, 0.4) is 0 Å². The zero-order valence-corrected chi connectivity index (χ0v) is 22.1. The second kappa shape index (κ2) is 10.7. The normalized spacial score (nSPS) is 15.1. The van der Waals surface area contributed by atoms with Gasteiger partial charge < -0.3 is 23.7 Å². The maximum absolute atomic E-state index is 13.8. The molecular weight excluding hydrogens is 456 g/mol. The Morgan fingerprint density at radius 3 is 2.44 bits per heavy atom. The van der Waals surface area contributed by atoms with E-state index in [1.54, 1.807) is 4.90 Å². The van der Waals surface area contributed by atoms with E-state index in [4.69, 9.17) is 13.9 Å². The Bertz CT molecular complexity index is 1330. The van der Waals surface area contributed by atoms with Crippen LogP contribution in [-0.4, -0.2) is 56.1 Å². The lowest BCUT2D eigenvalue weighted by molar-refractivity contribution is 0.0716. The molecule has 0 radical (unpaired) electrons. The molecule has 1 aliphatic rings. The third-order valence-electron chi connectivity index (χ3n) is 6.71. The summed E-state index contributed by atoms with van der Waals surface area (Å²) in [7, 11) is 3.92. The van der Waals surface area contributed by atoms with Crippen LogP contribution in [-0.2, 0) is 0 Å². The van der Waals surface area contributed by atoms with E-state index in [0.29, 0.717) is 54.3 Å². The number of rotatable bonds is 10. The molecular formula is C29H36N2O5. The van der Waals surface area contributed by atoms with Crippen LogP contribution in [0.25, 0.3) is 11.0 Å². The Labute approximate surface area is 212 Å². The zero-order chi connectivity index (χ0) is 26.0. The molecule has 0 spiro atoms. The molecule has 0 N–H and O–H groups in total. The molecule has 7 nitrogen and oxygen atoms in total. The molecule has 1 atom stereocenters. The molecule has 7 heteroatoms. The molecule has 2 heterocycles. The van der Waals surface area contributed by atoms with Crippen molar-refractivity contribution in [3.8, 4) is 11.5 Å². The van der Waals surface area contributed by atoms with Gasteiger partial charge in [-0.25, -0.2) is 0 Å². The van der Waals surface area contributed by atoms with Gasteiger partial charge in [-0.15, -0.1) is 0 Å². The minimum Gasteiger partial charge on any atom is -0.490 e. The lowest BCUT2D eigenvalue weighted by atomic mass is 9.97. The molecule has 0 fully saturated rings. The van der Waals surface area contributed by atoms with E-state index < -0.39 is 6.04 Å². The van der Waals surface area contributed by atoms with Gasteiger partial charge in [0.05, 0.1) is 30.2 Å². The number of carbonyl (C=O) groups is 1. The first kappa shape index (κ1) is 25.8. The third kappa shape index (κ3) is 4.85. The van der Waals surface area contributed by atoms with E-state index in [9.17, 15) is 9.59 Å². The molecule has 36 heavy (non-hydrogen) atoms. The van der Waals surface area contributed by atoms with Crippen molar-refractivity contribution in [3.63, 3.8) is 0 Å². The number of aryl methyl sites for hydroxylation is 2. The smallest absolute Gasteiger partial charge is 0.290 e. The van der Waals surface area contributed by atoms with Crippen LogP contribution in [0.1, 0.15) is 65.5 Å². The van der Waals surface area contributed by atoms with Crippen LogP contribution in [0, 0.1) is 13.8 Å². The average molecular weight is 493 g/mol. The molecule has 2 aromatic carbocycles. The maximum Gasteiger partial charge on any atom is 0.290 e. The number of carbonyl (C=O) groups excluding carboxylic acids is 1. The summed E-state index contributed by atoms with van der Waals surface area (Å²) in [6.45, 7) is 10.2. The predicted molar refractivity (Wildman–Crippen MR) is 141 cm³/mol. The Balaban J connectivity index is 1.87. The fourth-order valence-corrected chi connectivity index (χ4v) is 4.57. The van der Waals surface area contributed by atoms with Crippen LogP contribution in [0.4, 0.5) is 0 Å². The van der Waals surface area contributed by atoms with E-state index in [0.717, 1.165) is 29.5 Å². The molecule has 0 aliphatic carbocycles. The van der Waals surface area contributed by atoms with Crippen molar-refractivity contribution < 1.29 is 18.7 Å². The molecule has 192 valence electrons. The van der Waals surface area contributed by atoms with Gasteiger partial charge in [-0.05, 0) is 82.2 Å². The number of amides is 1. The van der Waals surface area contributed by atoms with Crippen molar-refractivity contribution in [1.82, 2.24) is 9.80 Å². The molecule has 0 saturated heterocycles. The molecule has 1 aromatic heterocycles. The van der Waals surface area contributed by atoms with Crippen molar-refractivity contribution in [2.75, 3.05) is 40.4 Å². The van der Waals surface area contributed by atoms with Crippen molar-refractivity contribution in [1.29, 1.82) is 0 Å². The lowest BCUT2D eigenvalue weighted by Gasteiger charge is -2.27. The van der Waals surface area contributed by atoms with Gasteiger partial charge in [-0.3, -0.25) is 9.59 Å². The van der Waals surface area contributed by atoms with E-state index >= 15 is 0 Å². The zero-order valence-electron chi connectivity index (χ0n) is 22.1. The van der Waals surface area contributed by atoms with Crippen LogP contribution in [0.2, 0.25) is 0 Å². The Morgan fingerprint density at radius 2 is 1.75 bits per heavy atom. The minimum absolute atomic E-state index is 0.126. The summed E-state index contributed by atoms with van der Waals surface area (Å²) in [6, 6.07) is 8.81. The molecule has 1 aliphatic heterocycles. The Kier molecular flexibility index (Phi) is 7.69. The van der Waals surface area contributed by atoms with Crippen LogP contribution in [0.5, 0.6) is 11.5 Å². The number of unbranched alkanes of at least 4 members (excludes halogenated alkanes) is 1. The van der Waals surface area contributed by atoms with E-state index in [2.05, 4.69) is 6.92 Å². The topological polar surface area (TPSA) is 72.2 Å². The van der Waals surface area contributed by atoms with Gasteiger partial charge in [0.25, 0.3) is 5.91 Å². The van der Waals surface area contributed by atoms with Gasteiger partial charge in [-0.1, -0.05) is 19.4 Å². The summed E-state index contributed by atoms with van der Waals surface area (Å²) in [5.74, 6) is 1.13. The first-order chi connectivity index (χ1) is 17.3. The molecule has 0 bridgehead atoms. The van der Waals surface area contributed by atoms with Gasteiger partial charge >= 0.3 is 0 Å². The first-order valence-electron chi connectivity index (χ1n) is 12.7. The van der Waals surface area contributed by atoms with Crippen molar-refractivity contribution in [3.05, 3.63) is 68.6 Å². The molecule has 1 amide bonds. The summed E-state index contributed by atoms with van der Waals surface area (Å²) in [5, 5.41) is 0.494. The SMILES string of the molecule is CCCCOc1ccc(C2c3c(oc4cc(C)c(C)cc4c3=O)C(=O)N2CCN(C)C)cc1OCC. The van der Waals surface area contributed by atoms with E-state index in [1.165, 1.54) is 0 Å². The minimum atomic E-state index is -0.571. The number of fused-ring (bicyclic) bond motifs is 2. The highest BCUT2D eigenvalue weighted by molar-refractivity contribution is 5.99. The number of likely N-dealkylation sites (N-methyl/N-ethyl adjacent to an activating group) is 1. The Hall–Kier alpha value is -3.32. The van der Waals surface area contributed by atoms with Gasteiger partial charge in [-0.2, -0.15) is 0 Å². The maximum atomic E-state index is 13.8. The molecule has 3 aromatic rings. The Morgan fingerprint density at radius 1 is 1.00 bits per heavy atom. The highest BCUT2D eigenvalue weighted by Gasteiger charge is 2.42. The number of hydrogen-bond donors (Lipinski definition) is 0. The average Bonchev–Trinajstić information content (AvgIpc) is 3.12. The predicted octanol–water partition coefficient (Wildman–Crippen LogP) is 5.09. The largest absolute Gasteiger partial charge is 0.490 e. The van der Waals surface area contributed by atoms with Crippen LogP contribution < -0.4 is 14.9 Å². The monoisotopic (exact) mass is 492 g/mol. The second-order valence-electron chi connectivity index (χ2n) is 9.65. The number of hydrogen-bond acceptors (Lipinski definition) is 6. The third-order valence-corrected chi connectivity index (χ3v) is 6.71. The number of ether oxygens (including phenoxy) is 2. The summed E-state index contributed by atoms with van der Waals surface area (Å²) < 4.78 is 18.0. The second-order valence-corrected chi connectivity index (χ2v) is 9.65. The quantitative estimate of drug-likeness (QED) is 0.367. The highest BCUT2D eigenvalue weighted by Crippen LogP contribution is 2.41. The molecule has 1 unspecified atom stereocenters. The van der Waals surface area contributed by atoms with Gasteiger partial charge in [0, 0.05) is 13.1 Å². The fourth-order valence-electron chi connectivity index (χ4n) is 4.57. The number of benzene rings is 2. The highest BCUT2D eigenvalue weighted by atomic mass is 16.5. The van der Waals surface area contributed by atoms with E-state index in [-0.39, 0.29) is 17.1 Å². The summed E-state index contributed by atoms with van der Waals surface area (Å²) >= 11 is 0. The van der Waals surface area contributed by atoms with Crippen molar-refractivity contribution >= 4 is 16.9 Å².